The molecule has 114 valence electrons. The standard InChI is InChI=1S/C17H14N4OS/c22-15-11-23-16(12-6-8-18-9-7-12)14-10-19-21(17(14)20-15)13-4-2-1-3-5-13/h1-10,16H,11H2,(H,20,22)/t16-/m1/s1. The number of nitrogens with zero attached hydrogens (tertiary/aromatic N) is 3. The van der Waals surface area contributed by atoms with Gasteiger partial charge in [0, 0.05) is 18.0 Å². The molecule has 0 fully saturated rings. The minimum absolute atomic E-state index is 0.00881. The van der Waals surface area contributed by atoms with Gasteiger partial charge in [-0.1, -0.05) is 18.2 Å². The molecule has 0 unspecified atom stereocenters. The van der Waals surface area contributed by atoms with Gasteiger partial charge < -0.3 is 5.32 Å². The second-order valence-corrected chi connectivity index (χ2v) is 6.31. The van der Waals surface area contributed by atoms with Crippen LogP contribution in [0.1, 0.15) is 16.4 Å². The number of anilines is 1. The molecule has 1 aliphatic heterocycles. The Labute approximate surface area is 137 Å². The fourth-order valence-corrected chi connectivity index (χ4v) is 3.77. The number of carbonyl (C=O) groups excluding carboxylic acids is 1. The van der Waals surface area contributed by atoms with Crippen LogP contribution in [0.2, 0.25) is 0 Å². The van der Waals surface area contributed by atoms with Gasteiger partial charge in [0.25, 0.3) is 0 Å². The summed E-state index contributed by atoms with van der Waals surface area (Å²) in [4.78, 5) is 16.2. The van der Waals surface area contributed by atoms with Crippen molar-refractivity contribution < 1.29 is 4.79 Å². The highest BCUT2D eigenvalue weighted by Crippen LogP contribution is 2.41. The van der Waals surface area contributed by atoms with Gasteiger partial charge in [-0.15, -0.1) is 11.8 Å². The molecule has 1 aliphatic rings. The Morgan fingerprint density at radius 1 is 1.13 bits per heavy atom. The topological polar surface area (TPSA) is 59.8 Å². The van der Waals surface area contributed by atoms with Gasteiger partial charge in [-0.3, -0.25) is 9.78 Å². The van der Waals surface area contributed by atoms with E-state index in [1.54, 1.807) is 28.8 Å². The highest BCUT2D eigenvalue weighted by atomic mass is 32.2. The van der Waals surface area contributed by atoms with Gasteiger partial charge in [0.15, 0.2) is 0 Å². The van der Waals surface area contributed by atoms with Gasteiger partial charge in [0.05, 0.1) is 22.9 Å². The Morgan fingerprint density at radius 2 is 1.91 bits per heavy atom. The molecule has 0 saturated heterocycles. The summed E-state index contributed by atoms with van der Waals surface area (Å²) in [7, 11) is 0. The third-order valence-electron chi connectivity index (χ3n) is 3.73. The highest BCUT2D eigenvalue weighted by Gasteiger charge is 2.27. The lowest BCUT2D eigenvalue weighted by molar-refractivity contribution is -0.113. The average Bonchev–Trinajstić information content (AvgIpc) is 2.92. The summed E-state index contributed by atoms with van der Waals surface area (Å²) in [5, 5.41) is 7.55. The van der Waals surface area contributed by atoms with E-state index >= 15 is 0 Å². The third kappa shape index (κ3) is 2.61. The molecule has 0 radical (unpaired) electrons. The maximum absolute atomic E-state index is 12.1. The number of pyridine rings is 1. The minimum atomic E-state index is -0.00881. The molecule has 2 aromatic heterocycles. The second-order valence-electron chi connectivity index (χ2n) is 5.22. The molecule has 0 bridgehead atoms. The van der Waals surface area contributed by atoms with Crippen molar-refractivity contribution in [3.05, 3.63) is 72.2 Å². The molecule has 23 heavy (non-hydrogen) atoms. The van der Waals surface area contributed by atoms with Crippen molar-refractivity contribution in [2.45, 2.75) is 5.25 Å². The fraction of sp³-hybridized carbons (Fsp3) is 0.118. The maximum Gasteiger partial charge on any atom is 0.235 e. The maximum atomic E-state index is 12.1. The van der Waals surface area contributed by atoms with Crippen LogP contribution in [0.15, 0.2) is 61.1 Å². The quantitative estimate of drug-likeness (QED) is 0.788. The van der Waals surface area contributed by atoms with Crippen LogP contribution in [0.25, 0.3) is 5.69 Å². The number of hydrogen-bond acceptors (Lipinski definition) is 4. The number of fused-ring (bicyclic) bond motifs is 1. The smallest absolute Gasteiger partial charge is 0.235 e. The van der Waals surface area contributed by atoms with Crippen molar-refractivity contribution >= 4 is 23.5 Å². The van der Waals surface area contributed by atoms with Crippen molar-refractivity contribution in [3.63, 3.8) is 0 Å². The number of rotatable bonds is 2. The Morgan fingerprint density at radius 3 is 2.70 bits per heavy atom. The zero-order valence-electron chi connectivity index (χ0n) is 12.2. The minimum Gasteiger partial charge on any atom is -0.310 e. The van der Waals surface area contributed by atoms with Crippen LogP contribution in [0, 0.1) is 0 Å². The molecule has 0 saturated carbocycles. The molecule has 5 nitrogen and oxygen atoms in total. The first-order chi connectivity index (χ1) is 11.3. The molecule has 4 rings (SSSR count). The molecule has 1 amide bonds. The van der Waals surface area contributed by atoms with E-state index in [0.29, 0.717) is 5.75 Å². The van der Waals surface area contributed by atoms with Crippen LogP contribution in [0.5, 0.6) is 0 Å². The SMILES string of the molecule is O=C1CS[C@H](c2ccncc2)c2cnn(-c3ccccc3)c2N1. The van der Waals surface area contributed by atoms with Crippen LogP contribution >= 0.6 is 11.8 Å². The monoisotopic (exact) mass is 322 g/mol. The summed E-state index contributed by atoms with van der Waals surface area (Å²) in [6.07, 6.45) is 5.39. The number of benzene rings is 1. The Hall–Kier alpha value is -2.60. The predicted octanol–water partition coefficient (Wildman–Crippen LogP) is 3.04. The molecular formula is C17H14N4OS. The van der Waals surface area contributed by atoms with Gasteiger partial charge in [0.2, 0.25) is 5.91 Å². The molecule has 6 heteroatoms. The highest BCUT2D eigenvalue weighted by molar-refractivity contribution is 8.00. The van der Waals surface area contributed by atoms with E-state index in [9.17, 15) is 4.79 Å². The second kappa shape index (κ2) is 5.89. The van der Waals surface area contributed by atoms with Crippen molar-refractivity contribution in [1.82, 2.24) is 14.8 Å². The normalized spacial score (nSPS) is 17.2. The summed E-state index contributed by atoms with van der Waals surface area (Å²) >= 11 is 1.60. The van der Waals surface area contributed by atoms with E-state index in [1.165, 1.54) is 0 Å². The largest absolute Gasteiger partial charge is 0.310 e. The van der Waals surface area contributed by atoms with Crippen LogP contribution in [-0.4, -0.2) is 26.4 Å². The van der Waals surface area contributed by atoms with Crippen molar-refractivity contribution in [2.24, 2.45) is 0 Å². The molecule has 1 atom stereocenters. The Kier molecular flexibility index (Phi) is 3.59. The van der Waals surface area contributed by atoms with E-state index < -0.39 is 0 Å². The molecule has 3 aromatic rings. The van der Waals surface area contributed by atoms with E-state index in [0.717, 1.165) is 22.6 Å². The van der Waals surface area contributed by atoms with E-state index in [2.05, 4.69) is 15.4 Å². The number of amides is 1. The summed E-state index contributed by atoms with van der Waals surface area (Å²) < 4.78 is 1.79. The molecule has 1 N–H and O–H groups in total. The molecule has 3 heterocycles. The van der Waals surface area contributed by atoms with Crippen LogP contribution < -0.4 is 5.32 Å². The predicted molar refractivity (Wildman–Crippen MR) is 90.7 cm³/mol. The van der Waals surface area contributed by atoms with Crippen LogP contribution in [0.4, 0.5) is 5.82 Å². The van der Waals surface area contributed by atoms with Crippen LogP contribution in [0.3, 0.4) is 0 Å². The summed E-state index contributed by atoms with van der Waals surface area (Å²) in [6, 6.07) is 13.8. The summed E-state index contributed by atoms with van der Waals surface area (Å²) in [5.74, 6) is 1.15. The molecule has 1 aromatic carbocycles. The zero-order chi connectivity index (χ0) is 15.6. The molecule has 0 aliphatic carbocycles. The zero-order valence-corrected chi connectivity index (χ0v) is 13.0. The van der Waals surface area contributed by atoms with Gasteiger partial charge in [0.1, 0.15) is 5.82 Å². The molecule has 0 spiro atoms. The number of aromatic nitrogens is 3. The van der Waals surface area contributed by atoms with Crippen molar-refractivity contribution in [1.29, 1.82) is 0 Å². The third-order valence-corrected chi connectivity index (χ3v) is 5.02. The first-order valence-electron chi connectivity index (χ1n) is 7.27. The first-order valence-corrected chi connectivity index (χ1v) is 8.32. The van der Waals surface area contributed by atoms with E-state index in [-0.39, 0.29) is 11.2 Å². The van der Waals surface area contributed by atoms with Gasteiger partial charge >= 0.3 is 0 Å². The lowest BCUT2D eigenvalue weighted by atomic mass is 10.1. The van der Waals surface area contributed by atoms with E-state index in [4.69, 9.17) is 0 Å². The van der Waals surface area contributed by atoms with E-state index in [1.807, 2.05) is 48.7 Å². The summed E-state index contributed by atoms with van der Waals surface area (Å²) in [5.41, 5.74) is 3.06. The molecular weight excluding hydrogens is 308 g/mol. The van der Waals surface area contributed by atoms with Crippen molar-refractivity contribution in [2.75, 3.05) is 11.1 Å². The Balaban J connectivity index is 1.84. The number of hydrogen-bond donors (Lipinski definition) is 1. The van der Waals surface area contributed by atoms with Gasteiger partial charge in [-0.2, -0.15) is 5.10 Å². The fourth-order valence-electron chi connectivity index (χ4n) is 2.67. The van der Waals surface area contributed by atoms with Gasteiger partial charge in [-0.25, -0.2) is 4.68 Å². The number of thioether (sulfide) groups is 1. The lowest BCUT2D eigenvalue weighted by Gasteiger charge is -2.13. The number of carbonyl (C=O) groups is 1. The Bertz CT molecular complexity index is 832. The van der Waals surface area contributed by atoms with Crippen molar-refractivity contribution in [3.8, 4) is 5.69 Å². The lowest BCUT2D eigenvalue weighted by Crippen LogP contribution is -2.15. The van der Waals surface area contributed by atoms with Crippen LogP contribution in [-0.2, 0) is 4.79 Å². The first kappa shape index (κ1) is 14.0. The number of para-hydroxylation sites is 1. The number of nitrogens with one attached hydrogen (secondary N) is 1. The summed E-state index contributed by atoms with van der Waals surface area (Å²) in [6.45, 7) is 0. The average molecular weight is 322 g/mol. The van der Waals surface area contributed by atoms with Gasteiger partial charge in [-0.05, 0) is 29.8 Å².